The third-order valence-electron chi connectivity index (χ3n) is 1.05. The molecular formula is C7H14N2. The van der Waals surface area contributed by atoms with Gasteiger partial charge in [0.2, 0.25) is 0 Å². The summed E-state index contributed by atoms with van der Waals surface area (Å²) in [6.07, 6.45) is 2.84. The molecule has 0 heterocycles. The van der Waals surface area contributed by atoms with Gasteiger partial charge < -0.3 is 5.73 Å². The smallest absolute Gasteiger partial charge is 0.0957 e. The van der Waals surface area contributed by atoms with Gasteiger partial charge in [0.05, 0.1) is 5.84 Å². The number of hydrogen-bond donors (Lipinski definition) is 1. The van der Waals surface area contributed by atoms with Gasteiger partial charge >= 0.3 is 0 Å². The third-order valence-corrected chi connectivity index (χ3v) is 1.05. The maximum atomic E-state index is 5.30. The summed E-state index contributed by atoms with van der Waals surface area (Å²) in [5.74, 6) is 0.614. The lowest BCUT2D eigenvalue weighted by molar-refractivity contribution is 1.08. The predicted molar refractivity (Wildman–Crippen MR) is 41.3 cm³/mol. The maximum absolute atomic E-state index is 5.30. The Labute approximate surface area is 56.5 Å². The van der Waals surface area contributed by atoms with Crippen molar-refractivity contribution in [3.05, 3.63) is 11.8 Å². The van der Waals surface area contributed by atoms with Crippen LogP contribution in [0.25, 0.3) is 0 Å². The monoisotopic (exact) mass is 126 g/mol. The highest BCUT2D eigenvalue weighted by molar-refractivity contribution is 5.77. The molecule has 0 spiro atoms. The van der Waals surface area contributed by atoms with Crippen LogP contribution in [0, 0.1) is 0 Å². The van der Waals surface area contributed by atoms with Gasteiger partial charge in [0, 0.05) is 6.20 Å². The molecule has 0 aromatic carbocycles. The van der Waals surface area contributed by atoms with E-state index in [0.29, 0.717) is 5.84 Å². The number of amidine groups is 1. The first kappa shape index (κ1) is 8.21. The van der Waals surface area contributed by atoms with Crippen molar-refractivity contribution in [1.29, 1.82) is 0 Å². The molecule has 9 heavy (non-hydrogen) atoms. The van der Waals surface area contributed by atoms with Crippen LogP contribution in [0.15, 0.2) is 16.8 Å². The van der Waals surface area contributed by atoms with Gasteiger partial charge in [-0.15, -0.1) is 0 Å². The van der Waals surface area contributed by atoms with E-state index >= 15 is 0 Å². The van der Waals surface area contributed by atoms with Crippen molar-refractivity contribution in [3.8, 4) is 0 Å². The number of aliphatic imine (C=N–C) groups is 1. The third kappa shape index (κ3) is 5.07. The molecule has 52 valence electrons. The fourth-order valence-corrected chi connectivity index (χ4v) is 0.303. The molecule has 0 aromatic rings. The lowest BCUT2D eigenvalue weighted by Gasteiger charge is -1.89. The van der Waals surface area contributed by atoms with Gasteiger partial charge in [0.25, 0.3) is 0 Å². The SMILES string of the molecule is CC/C(C)=C\N=C(/C)N. The molecule has 2 N–H and O–H groups in total. The molecule has 0 aliphatic carbocycles. The van der Waals surface area contributed by atoms with Crippen LogP contribution in [0.3, 0.4) is 0 Å². The summed E-state index contributed by atoms with van der Waals surface area (Å²) in [4.78, 5) is 3.93. The molecule has 2 heteroatoms. The Morgan fingerprint density at radius 2 is 2.11 bits per heavy atom. The summed E-state index contributed by atoms with van der Waals surface area (Å²) < 4.78 is 0. The molecule has 0 saturated carbocycles. The van der Waals surface area contributed by atoms with Crippen LogP contribution in [-0.4, -0.2) is 5.84 Å². The lowest BCUT2D eigenvalue weighted by Crippen LogP contribution is -2.03. The van der Waals surface area contributed by atoms with Crippen molar-refractivity contribution in [1.82, 2.24) is 0 Å². The van der Waals surface area contributed by atoms with Crippen molar-refractivity contribution >= 4 is 5.84 Å². The van der Waals surface area contributed by atoms with Gasteiger partial charge in [0.1, 0.15) is 0 Å². The van der Waals surface area contributed by atoms with Crippen molar-refractivity contribution in [3.63, 3.8) is 0 Å². The molecule has 0 unspecified atom stereocenters. The molecule has 0 aliphatic rings. The molecule has 0 fully saturated rings. The van der Waals surface area contributed by atoms with E-state index in [1.165, 1.54) is 5.57 Å². The maximum Gasteiger partial charge on any atom is 0.0957 e. The van der Waals surface area contributed by atoms with Gasteiger partial charge in [-0.25, -0.2) is 4.99 Å². The standard InChI is InChI=1S/C7H14N2/c1-4-6(2)5-9-7(3)8/h5H,4H2,1-3H3,(H2,8,9)/b6-5-. The minimum absolute atomic E-state index is 0.614. The zero-order valence-electron chi connectivity index (χ0n) is 6.31. The summed E-state index contributed by atoms with van der Waals surface area (Å²) in [6, 6.07) is 0. The number of allylic oxidation sites excluding steroid dienone is 1. The highest BCUT2D eigenvalue weighted by Gasteiger charge is 1.79. The van der Waals surface area contributed by atoms with E-state index in [4.69, 9.17) is 5.73 Å². The minimum atomic E-state index is 0.614. The second-order valence-corrected chi connectivity index (χ2v) is 2.10. The Balaban J connectivity index is 3.83. The van der Waals surface area contributed by atoms with E-state index in [1.54, 1.807) is 13.1 Å². The minimum Gasteiger partial charge on any atom is -0.387 e. The second-order valence-electron chi connectivity index (χ2n) is 2.10. The molecule has 0 rings (SSSR count). The highest BCUT2D eigenvalue weighted by Crippen LogP contribution is 1.96. The molecule has 0 radical (unpaired) electrons. The molecule has 0 bridgehead atoms. The molecular weight excluding hydrogens is 112 g/mol. The topological polar surface area (TPSA) is 38.4 Å². The second kappa shape index (κ2) is 4.13. The molecule has 0 atom stereocenters. The quantitative estimate of drug-likeness (QED) is 0.443. The van der Waals surface area contributed by atoms with Crippen LogP contribution in [0.1, 0.15) is 27.2 Å². The van der Waals surface area contributed by atoms with Gasteiger partial charge in [-0.1, -0.05) is 12.5 Å². The Hall–Kier alpha value is -0.790. The van der Waals surface area contributed by atoms with Crippen LogP contribution in [0.4, 0.5) is 0 Å². The fraction of sp³-hybridized carbons (Fsp3) is 0.571. The Morgan fingerprint density at radius 3 is 2.44 bits per heavy atom. The summed E-state index contributed by atoms with van der Waals surface area (Å²) in [6.45, 7) is 5.90. The molecule has 0 amide bonds. The zero-order valence-corrected chi connectivity index (χ0v) is 6.31. The number of nitrogens with two attached hydrogens (primary N) is 1. The normalized spacial score (nSPS) is 14.1. The first-order chi connectivity index (χ1) is 4.16. The Kier molecular flexibility index (Phi) is 3.76. The number of rotatable bonds is 2. The van der Waals surface area contributed by atoms with Gasteiger partial charge in [0.15, 0.2) is 0 Å². The number of hydrogen-bond acceptors (Lipinski definition) is 1. The van der Waals surface area contributed by atoms with Crippen molar-refractivity contribution in [2.45, 2.75) is 27.2 Å². The Morgan fingerprint density at radius 1 is 1.56 bits per heavy atom. The molecule has 0 aromatic heterocycles. The van der Waals surface area contributed by atoms with E-state index in [9.17, 15) is 0 Å². The Bertz CT molecular complexity index is 130. The first-order valence-corrected chi connectivity index (χ1v) is 3.12. The van der Waals surface area contributed by atoms with E-state index < -0.39 is 0 Å². The summed E-state index contributed by atoms with van der Waals surface area (Å²) in [7, 11) is 0. The highest BCUT2D eigenvalue weighted by atomic mass is 14.8. The number of nitrogens with zero attached hydrogens (tertiary/aromatic N) is 1. The van der Waals surface area contributed by atoms with E-state index in [2.05, 4.69) is 11.9 Å². The fourth-order valence-electron chi connectivity index (χ4n) is 0.303. The van der Waals surface area contributed by atoms with Crippen molar-refractivity contribution in [2.75, 3.05) is 0 Å². The molecule has 0 aliphatic heterocycles. The average molecular weight is 126 g/mol. The summed E-state index contributed by atoms with van der Waals surface area (Å²) in [5.41, 5.74) is 6.55. The van der Waals surface area contributed by atoms with Crippen LogP contribution in [0.2, 0.25) is 0 Å². The van der Waals surface area contributed by atoms with E-state index in [-0.39, 0.29) is 0 Å². The van der Waals surface area contributed by atoms with E-state index in [0.717, 1.165) is 6.42 Å². The summed E-state index contributed by atoms with van der Waals surface area (Å²) in [5, 5.41) is 0. The van der Waals surface area contributed by atoms with Crippen molar-refractivity contribution in [2.24, 2.45) is 10.7 Å². The van der Waals surface area contributed by atoms with Crippen LogP contribution in [-0.2, 0) is 0 Å². The van der Waals surface area contributed by atoms with Gasteiger partial charge in [-0.05, 0) is 20.3 Å². The largest absolute Gasteiger partial charge is 0.387 e. The predicted octanol–water partition coefficient (Wildman–Crippen LogP) is 1.68. The first-order valence-electron chi connectivity index (χ1n) is 3.12. The van der Waals surface area contributed by atoms with Crippen LogP contribution >= 0.6 is 0 Å². The molecule has 2 nitrogen and oxygen atoms in total. The van der Waals surface area contributed by atoms with Crippen LogP contribution in [0.5, 0.6) is 0 Å². The van der Waals surface area contributed by atoms with Gasteiger partial charge in [-0.3, -0.25) is 0 Å². The molecule has 0 saturated heterocycles. The lowest BCUT2D eigenvalue weighted by atomic mass is 10.3. The zero-order chi connectivity index (χ0) is 7.28. The van der Waals surface area contributed by atoms with Crippen LogP contribution < -0.4 is 5.73 Å². The van der Waals surface area contributed by atoms with Gasteiger partial charge in [-0.2, -0.15) is 0 Å². The van der Waals surface area contributed by atoms with E-state index in [1.807, 2.05) is 6.92 Å². The average Bonchev–Trinajstić information content (AvgIpc) is 1.83. The van der Waals surface area contributed by atoms with Crippen molar-refractivity contribution < 1.29 is 0 Å². The summed E-state index contributed by atoms with van der Waals surface area (Å²) >= 11 is 0.